The van der Waals surface area contributed by atoms with Gasteiger partial charge in [-0.3, -0.25) is 9.48 Å². The summed E-state index contributed by atoms with van der Waals surface area (Å²) in [5.74, 6) is 0.697. The van der Waals surface area contributed by atoms with E-state index in [-0.39, 0.29) is 11.9 Å². The predicted molar refractivity (Wildman–Crippen MR) is 78.2 cm³/mol. The highest BCUT2D eigenvalue weighted by atomic mass is 16.5. The van der Waals surface area contributed by atoms with E-state index in [4.69, 9.17) is 9.15 Å². The molecule has 6 nitrogen and oxygen atoms in total. The highest BCUT2D eigenvalue weighted by Crippen LogP contribution is 2.11. The summed E-state index contributed by atoms with van der Waals surface area (Å²) in [5, 5.41) is 7.27. The Morgan fingerprint density at radius 1 is 1.48 bits per heavy atom. The monoisotopic (exact) mass is 291 g/mol. The van der Waals surface area contributed by atoms with Crippen LogP contribution in [0, 0.1) is 13.8 Å². The molecule has 0 spiro atoms. The van der Waals surface area contributed by atoms with Crippen LogP contribution in [-0.2, 0) is 11.3 Å². The highest BCUT2D eigenvalue weighted by molar-refractivity contribution is 5.91. The molecule has 0 aliphatic carbocycles. The van der Waals surface area contributed by atoms with Crippen LogP contribution < -0.4 is 5.32 Å². The van der Waals surface area contributed by atoms with E-state index in [0.717, 1.165) is 11.4 Å². The van der Waals surface area contributed by atoms with E-state index in [1.165, 1.54) is 0 Å². The summed E-state index contributed by atoms with van der Waals surface area (Å²) in [5.41, 5.74) is 2.05. The number of methoxy groups -OCH3 is 1. The Morgan fingerprint density at radius 2 is 2.24 bits per heavy atom. The number of carbonyl (C=O) groups is 1. The van der Waals surface area contributed by atoms with Crippen molar-refractivity contribution in [2.75, 3.05) is 13.7 Å². The summed E-state index contributed by atoms with van der Waals surface area (Å²) >= 11 is 0. The number of aromatic nitrogens is 2. The summed E-state index contributed by atoms with van der Waals surface area (Å²) in [6.07, 6.45) is 0. The van der Waals surface area contributed by atoms with Crippen LogP contribution in [-0.4, -0.2) is 29.3 Å². The van der Waals surface area contributed by atoms with Crippen LogP contribution in [0.4, 0.5) is 0 Å². The molecule has 0 fully saturated rings. The first-order valence-electron chi connectivity index (χ1n) is 6.90. The first kappa shape index (κ1) is 15.3. The molecule has 21 heavy (non-hydrogen) atoms. The molecule has 2 rings (SSSR count). The van der Waals surface area contributed by atoms with Gasteiger partial charge in [-0.2, -0.15) is 5.10 Å². The zero-order chi connectivity index (χ0) is 15.4. The van der Waals surface area contributed by atoms with Gasteiger partial charge in [-0.15, -0.1) is 0 Å². The lowest BCUT2D eigenvalue weighted by Gasteiger charge is -2.14. The van der Waals surface area contributed by atoms with Gasteiger partial charge in [0, 0.05) is 19.3 Å². The minimum absolute atomic E-state index is 0.0797. The topological polar surface area (TPSA) is 69.3 Å². The molecule has 0 saturated carbocycles. The maximum Gasteiger partial charge on any atom is 0.287 e. The molecule has 0 bridgehead atoms. The maximum absolute atomic E-state index is 12.0. The van der Waals surface area contributed by atoms with E-state index in [9.17, 15) is 4.79 Å². The third kappa shape index (κ3) is 3.72. The summed E-state index contributed by atoms with van der Waals surface area (Å²) in [6.45, 7) is 6.81. The molecular weight excluding hydrogens is 270 g/mol. The average molecular weight is 291 g/mol. The second kappa shape index (κ2) is 6.58. The second-order valence-electron chi connectivity index (χ2n) is 5.13. The number of amides is 1. The van der Waals surface area contributed by atoms with Crippen molar-refractivity contribution in [2.45, 2.75) is 33.4 Å². The number of furan rings is 1. The Balaban J connectivity index is 1.92. The smallest absolute Gasteiger partial charge is 0.287 e. The molecule has 0 radical (unpaired) electrons. The van der Waals surface area contributed by atoms with Gasteiger partial charge < -0.3 is 14.5 Å². The maximum atomic E-state index is 12.0. The van der Waals surface area contributed by atoms with Crippen LogP contribution in [0.15, 0.2) is 22.6 Å². The van der Waals surface area contributed by atoms with Gasteiger partial charge in [-0.05, 0) is 39.0 Å². The standard InChI is InChI=1S/C15H21N3O3/c1-10-7-11(2)18(17-10)12(3)8-16-15(19)14-6-5-13(21-14)9-20-4/h5-7,12H,8-9H2,1-4H3,(H,16,19)/t12-/m0/s1. The minimum Gasteiger partial charge on any atom is -0.453 e. The third-order valence-electron chi connectivity index (χ3n) is 3.19. The second-order valence-corrected chi connectivity index (χ2v) is 5.13. The number of rotatable bonds is 6. The predicted octanol–water partition coefficient (Wildman–Crippen LogP) is 2.23. The summed E-state index contributed by atoms with van der Waals surface area (Å²) in [7, 11) is 1.58. The highest BCUT2D eigenvalue weighted by Gasteiger charge is 2.14. The molecule has 2 aromatic rings. The molecule has 0 unspecified atom stereocenters. The Hall–Kier alpha value is -2.08. The Bertz CT molecular complexity index is 615. The molecular formula is C15H21N3O3. The van der Waals surface area contributed by atoms with E-state index < -0.39 is 0 Å². The quantitative estimate of drug-likeness (QED) is 0.886. The number of aryl methyl sites for hydroxylation is 2. The molecule has 114 valence electrons. The number of ether oxygens (including phenoxy) is 1. The van der Waals surface area contributed by atoms with Crippen LogP contribution in [0.5, 0.6) is 0 Å². The normalized spacial score (nSPS) is 12.4. The number of hydrogen-bond donors (Lipinski definition) is 1. The van der Waals surface area contributed by atoms with Gasteiger partial charge in [0.25, 0.3) is 5.91 Å². The first-order chi connectivity index (χ1) is 10.0. The molecule has 1 atom stereocenters. The fraction of sp³-hybridized carbons (Fsp3) is 0.467. The number of nitrogens with one attached hydrogen (secondary N) is 1. The Morgan fingerprint density at radius 3 is 2.86 bits per heavy atom. The lowest BCUT2D eigenvalue weighted by atomic mass is 10.3. The van der Waals surface area contributed by atoms with Crippen LogP contribution >= 0.6 is 0 Å². The van der Waals surface area contributed by atoms with Crippen molar-refractivity contribution in [1.82, 2.24) is 15.1 Å². The minimum atomic E-state index is -0.231. The largest absolute Gasteiger partial charge is 0.453 e. The van der Waals surface area contributed by atoms with Crippen LogP contribution in [0.25, 0.3) is 0 Å². The van der Waals surface area contributed by atoms with Crippen molar-refractivity contribution in [1.29, 1.82) is 0 Å². The van der Waals surface area contributed by atoms with Crippen LogP contribution in [0.3, 0.4) is 0 Å². The molecule has 2 aromatic heterocycles. The third-order valence-corrected chi connectivity index (χ3v) is 3.19. The first-order valence-corrected chi connectivity index (χ1v) is 6.90. The van der Waals surface area contributed by atoms with E-state index in [2.05, 4.69) is 10.4 Å². The Kier molecular flexibility index (Phi) is 4.80. The van der Waals surface area contributed by atoms with Gasteiger partial charge in [-0.1, -0.05) is 0 Å². The van der Waals surface area contributed by atoms with Crippen LogP contribution in [0.2, 0.25) is 0 Å². The fourth-order valence-electron chi connectivity index (χ4n) is 2.23. The van der Waals surface area contributed by atoms with Crippen molar-refractivity contribution in [2.24, 2.45) is 0 Å². The lowest BCUT2D eigenvalue weighted by Crippen LogP contribution is -2.30. The molecule has 2 heterocycles. The summed E-state index contributed by atoms with van der Waals surface area (Å²) in [6, 6.07) is 5.48. The SMILES string of the molecule is COCc1ccc(C(=O)NC[C@H](C)n2nc(C)cc2C)o1. The van der Waals surface area contributed by atoms with E-state index in [0.29, 0.717) is 24.7 Å². The molecule has 1 amide bonds. The van der Waals surface area contributed by atoms with Crippen molar-refractivity contribution in [3.8, 4) is 0 Å². The van der Waals surface area contributed by atoms with Crippen molar-refractivity contribution >= 4 is 5.91 Å². The summed E-state index contributed by atoms with van der Waals surface area (Å²) < 4.78 is 12.3. The van der Waals surface area contributed by atoms with Crippen molar-refractivity contribution in [3.05, 3.63) is 41.1 Å². The molecule has 1 N–H and O–H groups in total. The molecule has 0 aromatic carbocycles. The van der Waals surface area contributed by atoms with E-state index in [1.807, 2.05) is 31.5 Å². The van der Waals surface area contributed by atoms with Gasteiger partial charge in [0.1, 0.15) is 12.4 Å². The van der Waals surface area contributed by atoms with Crippen molar-refractivity contribution in [3.63, 3.8) is 0 Å². The Labute approximate surface area is 124 Å². The van der Waals surface area contributed by atoms with Gasteiger partial charge in [0.05, 0.1) is 11.7 Å². The zero-order valence-electron chi connectivity index (χ0n) is 12.8. The van der Waals surface area contributed by atoms with Gasteiger partial charge in [-0.25, -0.2) is 0 Å². The van der Waals surface area contributed by atoms with Crippen LogP contribution in [0.1, 0.15) is 40.7 Å². The number of hydrogen-bond acceptors (Lipinski definition) is 4. The fourth-order valence-corrected chi connectivity index (χ4v) is 2.23. The van der Waals surface area contributed by atoms with E-state index in [1.54, 1.807) is 19.2 Å². The molecule has 0 aliphatic heterocycles. The molecule has 6 heteroatoms. The molecule has 0 saturated heterocycles. The number of carbonyl (C=O) groups excluding carboxylic acids is 1. The molecule has 0 aliphatic rings. The number of nitrogens with zero attached hydrogens (tertiary/aromatic N) is 2. The zero-order valence-corrected chi connectivity index (χ0v) is 12.8. The van der Waals surface area contributed by atoms with Gasteiger partial charge >= 0.3 is 0 Å². The van der Waals surface area contributed by atoms with Crippen molar-refractivity contribution < 1.29 is 13.9 Å². The van der Waals surface area contributed by atoms with Gasteiger partial charge in [0.2, 0.25) is 0 Å². The van der Waals surface area contributed by atoms with E-state index >= 15 is 0 Å². The lowest BCUT2D eigenvalue weighted by molar-refractivity contribution is 0.0911. The van der Waals surface area contributed by atoms with Gasteiger partial charge in [0.15, 0.2) is 5.76 Å². The average Bonchev–Trinajstić information content (AvgIpc) is 3.03. The summed E-state index contributed by atoms with van der Waals surface area (Å²) in [4.78, 5) is 12.0.